The zero-order chi connectivity index (χ0) is 19.8. The molecule has 7 heteroatoms. The van der Waals surface area contributed by atoms with Crippen molar-refractivity contribution in [3.8, 4) is 0 Å². The maximum absolute atomic E-state index is 13.1. The Hall–Kier alpha value is -3.48. The Balaban J connectivity index is 1.78. The van der Waals surface area contributed by atoms with Gasteiger partial charge in [-0.3, -0.25) is 4.79 Å². The molecule has 4 aromatic rings. The van der Waals surface area contributed by atoms with Crippen LogP contribution in [-0.2, 0) is 6.54 Å². The molecule has 0 atom stereocenters. The minimum absolute atomic E-state index is 0.229. The van der Waals surface area contributed by atoms with Gasteiger partial charge in [0, 0.05) is 5.69 Å². The molecule has 0 saturated carbocycles. The van der Waals surface area contributed by atoms with E-state index in [1.54, 1.807) is 19.9 Å². The number of anilines is 1. The second kappa shape index (κ2) is 6.92. The molecule has 142 valence electrons. The largest absolute Gasteiger partial charge is 0.359 e. The first-order chi connectivity index (χ1) is 13.4. The fourth-order valence-corrected chi connectivity index (χ4v) is 3.37. The summed E-state index contributed by atoms with van der Waals surface area (Å²) in [6.07, 6.45) is 0. The second-order valence-corrected chi connectivity index (χ2v) is 6.89. The van der Waals surface area contributed by atoms with Crippen molar-refractivity contribution in [2.75, 3.05) is 5.32 Å². The summed E-state index contributed by atoms with van der Waals surface area (Å²) < 4.78 is 6.99. The van der Waals surface area contributed by atoms with Crippen LogP contribution in [0.5, 0.6) is 0 Å². The Morgan fingerprint density at radius 3 is 2.54 bits per heavy atom. The number of carbonyl (C=O) groups is 1. The van der Waals surface area contributed by atoms with Crippen LogP contribution in [0.2, 0.25) is 0 Å². The molecule has 0 aliphatic heterocycles. The number of benzene rings is 1. The van der Waals surface area contributed by atoms with Gasteiger partial charge in [-0.1, -0.05) is 35.5 Å². The molecule has 4 rings (SSSR count). The number of hydrogen-bond acceptors (Lipinski definition) is 5. The number of pyridine rings is 1. The zero-order valence-corrected chi connectivity index (χ0v) is 16.3. The average Bonchev–Trinajstić information content (AvgIpc) is 3.15. The predicted octanol–water partition coefficient (Wildman–Crippen LogP) is 3.95. The fraction of sp³-hybridized carbons (Fsp3) is 0.238. The van der Waals surface area contributed by atoms with Gasteiger partial charge in [0.15, 0.2) is 11.4 Å². The summed E-state index contributed by atoms with van der Waals surface area (Å²) >= 11 is 0. The summed E-state index contributed by atoms with van der Waals surface area (Å²) in [7, 11) is 0. The van der Waals surface area contributed by atoms with Crippen molar-refractivity contribution in [3.05, 3.63) is 70.4 Å². The van der Waals surface area contributed by atoms with Crippen LogP contribution in [0.15, 0.2) is 40.9 Å². The lowest BCUT2D eigenvalue weighted by Gasteiger charge is -2.08. The molecule has 0 saturated heterocycles. The third-order valence-corrected chi connectivity index (χ3v) is 4.70. The molecular weight excluding hydrogens is 354 g/mol. The standard InChI is InChI=1S/C21H21N5O2/c1-12-10-17(21(27)23-19-14(3)25-28-15(19)4)18-13(2)24-26(20(18)22-12)11-16-8-6-5-7-9-16/h5-10H,11H2,1-4H3,(H,23,27). The lowest BCUT2D eigenvalue weighted by Crippen LogP contribution is -2.14. The van der Waals surface area contributed by atoms with E-state index in [1.807, 2.05) is 48.9 Å². The van der Waals surface area contributed by atoms with E-state index in [0.29, 0.717) is 34.9 Å². The second-order valence-electron chi connectivity index (χ2n) is 6.89. The summed E-state index contributed by atoms with van der Waals surface area (Å²) in [5.74, 6) is 0.344. The predicted molar refractivity (Wildman–Crippen MR) is 106 cm³/mol. The summed E-state index contributed by atoms with van der Waals surface area (Å²) in [4.78, 5) is 17.7. The molecule has 1 aromatic carbocycles. The van der Waals surface area contributed by atoms with Gasteiger partial charge < -0.3 is 9.84 Å². The van der Waals surface area contributed by atoms with Gasteiger partial charge in [-0.15, -0.1) is 0 Å². The first-order valence-electron chi connectivity index (χ1n) is 9.07. The Labute approximate surface area is 162 Å². The van der Waals surface area contributed by atoms with Crippen molar-refractivity contribution in [2.45, 2.75) is 34.2 Å². The molecule has 0 fully saturated rings. The molecule has 28 heavy (non-hydrogen) atoms. The van der Waals surface area contributed by atoms with Crippen molar-refractivity contribution in [3.63, 3.8) is 0 Å². The topological polar surface area (TPSA) is 85.8 Å². The molecule has 7 nitrogen and oxygen atoms in total. The molecule has 0 unspecified atom stereocenters. The molecule has 0 aliphatic carbocycles. The number of nitrogens with zero attached hydrogens (tertiary/aromatic N) is 4. The van der Waals surface area contributed by atoms with Crippen LogP contribution in [0.25, 0.3) is 11.0 Å². The number of carbonyl (C=O) groups excluding carboxylic acids is 1. The van der Waals surface area contributed by atoms with Crippen LogP contribution >= 0.6 is 0 Å². The number of aryl methyl sites for hydroxylation is 4. The molecule has 0 radical (unpaired) electrons. The minimum Gasteiger partial charge on any atom is -0.359 e. The van der Waals surface area contributed by atoms with Crippen molar-refractivity contribution < 1.29 is 9.32 Å². The first kappa shape index (κ1) is 17.9. The molecule has 3 heterocycles. The van der Waals surface area contributed by atoms with Gasteiger partial charge >= 0.3 is 0 Å². The maximum atomic E-state index is 13.1. The van der Waals surface area contributed by atoms with E-state index in [0.717, 1.165) is 22.3 Å². The van der Waals surface area contributed by atoms with Crippen LogP contribution < -0.4 is 5.32 Å². The fourth-order valence-electron chi connectivity index (χ4n) is 3.37. The van der Waals surface area contributed by atoms with E-state index in [-0.39, 0.29) is 5.91 Å². The van der Waals surface area contributed by atoms with E-state index < -0.39 is 0 Å². The molecule has 0 aliphatic rings. The zero-order valence-electron chi connectivity index (χ0n) is 16.3. The number of fused-ring (bicyclic) bond motifs is 1. The smallest absolute Gasteiger partial charge is 0.256 e. The van der Waals surface area contributed by atoms with Crippen LogP contribution in [0, 0.1) is 27.7 Å². The van der Waals surface area contributed by atoms with Crippen molar-refractivity contribution in [1.29, 1.82) is 0 Å². The van der Waals surface area contributed by atoms with Gasteiger partial charge in [-0.2, -0.15) is 5.10 Å². The Morgan fingerprint density at radius 1 is 1.11 bits per heavy atom. The number of rotatable bonds is 4. The first-order valence-corrected chi connectivity index (χ1v) is 9.07. The Morgan fingerprint density at radius 2 is 1.86 bits per heavy atom. The van der Waals surface area contributed by atoms with Gasteiger partial charge in [0.05, 0.1) is 23.2 Å². The Bertz CT molecular complexity index is 1160. The molecular formula is C21H21N5O2. The highest BCUT2D eigenvalue weighted by Gasteiger charge is 2.21. The minimum atomic E-state index is -0.229. The quantitative estimate of drug-likeness (QED) is 0.584. The van der Waals surface area contributed by atoms with E-state index in [4.69, 9.17) is 4.52 Å². The number of amides is 1. The number of aromatic nitrogens is 4. The summed E-state index contributed by atoms with van der Waals surface area (Å²) in [6.45, 7) is 7.93. The highest BCUT2D eigenvalue weighted by Crippen LogP contribution is 2.25. The van der Waals surface area contributed by atoms with Gasteiger partial charge in [-0.25, -0.2) is 9.67 Å². The van der Waals surface area contributed by atoms with Gasteiger partial charge in [0.2, 0.25) is 0 Å². The normalized spacial score (nSPS) is 11.1. The summed E-state index contributed by atoms with van der Waals surface area (Å²) in [5, 5.41) is 12.2. The van der Waals surface area contributed by atoms with Crippen LogP contribution in [0.1, 0.15) is 38.8 Å². The van der Waals surface area contributed by atoms with E-state index in [2.05, 4.69) is 20.6 Å². The van der Waals surface area contributed by atoms with E-state index >= 15 is 0 Å². The molecule has 1 N–H and O–H groups in total. The SMILES string of the molecule is Cc1cc(C(=O)Nc2c(C)noc2C)c2c(C)nn(Cc3ccccc3)c2n1. The van der Waals surface area contributed by atoms with Crippen molar-refractivity contribution >= 4 is 22.6 Å². The summed E-state index contributed by atoms with van der Waals surface area (Å²) in [5.41, 5.74) is 5.13. The molecule has 3 aromatic heterocycles. The van der Waals surface area contributed by atoms with Crippen molar-refractivity contribution in [1.82, 2.24) is 19.9 Å². The maximum Gasteiger partial charge on any atom is 0.256 e. The van der Waals surface area contributed by atoms with Gasteiger partial charge in [0.25, 0.3) is 5.91 Å². The highest BCUT2D eigenvalue weighted by molar-refractivity contribution is 6.13. The van der Waals surface area contributed by atoms with E-state index in [1.165, 1.54) is 0 Å². The lowest BCUT2D eigenvalue weighted by atomic mass is 10.1. The lowest BCUT2D eigenvalue weighted by molar-refractivity contribution is 0.102. The van der Waals surface area contributed by atoms with Crippen molar-refractivity contribution in [2.24, 2.45) is 0 Å². The van der Waals surface area contributed by atoms with E-state index in [9.17, 15) is 4.79 Å². The third kappa shape index (κ3) is 3.15. The number of hydrogen-bond donors (Lipinski definition) is 1. The molecule has 1 amide bonds. The highest BCUT2D eigenvalue weighted by atomic mass is 16.5. The van der Waals surface area contributed by atoms with Crippen LogP contribution in [0.3, 0.4) is 0 Å². The average molecular weight is 375 g/mol. The van der Waals surface area contributed by atoms with Crippen LogP contribution in [0.4, 0.5) is 5.69 Å². The Kier molecular flexibility index (Phi) is 4.43. The molecule has 0 spiro atoms. The third-order valence-electron chi connectivity index (χ3n) is 4.70. The monoisotopic (exact) mass is 375 g/mol. The number of nitrogens with one attached hydrogen (secondary N) is 1. The van der Waals surface area contributed by atoms with Gasteiger partial charge in [-0.05, 0) is 39.3 Å². The van der Waals surface area contributed by atoms with Gasteiger partial charge in [0.1, 0.15) is 11.4 Å². The molecule has 0 bridgehead atoms. The van der Waals surface area contributed by atoms with Crippen LogP contribution in [-0.4, -0.2) is 25.8 Å². The summed E-state index contributed by atoms with van der Waals surface area (Å²) in [6, 6.07) is 11.9.